The van der Waals surface area contributed by atoms with Crippen LogP contribution >= 0.6 is 0 Å². The van der Waals surface area contributed by atoms with Gasteiger partial charge >= 0.3 is 0 Å². The summed E-state index contributed by atoms with van der Waals surface area (Å²) in [5, 5.41) is 0. The molecule has 0 aliphatic rings. The van der Waals surface area contributed by atoms with E-state index in [4.69, 9.17) is 0 Å². The molecule has 0 atom stereocenters. The van der Waals surface area contributed by atoms with E-state index in [2.05, 4.69) is 9.97 Å². The van der Waals surface area contributed by atoms with Gasteiger partial charge in [0.15, 0.2) is 17.5 Å². The van der Waals surface area contributed by atoms with Crippen molar-refractivity contribution in [2.24, 2.45) is 0 Å². The standard InChI is InChI=1S/C10H5F3N2O/c11-6-2-1-5(9(12)10(6)13)7-3-8(16)15-4-14-7/h1-4H,(H,14,15,16). The first-order chi connectivity index (χ1) is 7.59. The van der Waals surface area contributed by atoms with Gasteiger partial charge in [0.2, 0.25) is 0 Å². The molecule has 2 rings (SSSR count). The number of H-pyrrole nitrogens is 1. The van der Waals surface area contributed by atoms with Crippen molar-refractivity contribution in [3.8, 4) is 11.3 Å². The molecule has 0 bridgehead atoms. The van der Waals surface area contributed by atoms with Gasteiger partial charge in [0.1, 0.15) is 0 Å². The van der Waals surface area contributed by atoms with Crippen molar-refractivity contribution in [3.63, 3.8) is 0 Å². The molecule has 0 amide bonds. The zero-order chi connectivity index (χ0) is 11.7. The normalized spacial score (nSPS) is 10.4. The highest BCUT2D eigenvalue weighted by Gasteiger charge is 2.15. The van der Waals surface area contributed by atoms with Gasteiger partial charge in [-0.3, -0.25) is 4.79 Å². The van der Waals surface area contributed by atoms with Gasteiger partial charge in [-0.05, 0) is 12.1 Å². The van der Waals surface area contributed by atoms with Crippen LogP contribution in [0.5, 0.6) is 0 Å². The third-order valence-corrected chi connectivity index (χ3v) is 1.99. The van der Waals surface area contributed by atoms with Crippen LogP contribution < -0.4 is 5.56 Å². The fourth-order valence-corrected chi connectivity index (χ4v) is 1.24. The van der Waals surface area contributed by atoms with Crippen LogP contribution in [-0.2, 0) is 0 Å². The highest BCUT2D eigenvalue weighted by molar-refractivity contribution is 5.59. The smallest absolute Gasteiger partial charge is 0.251 e. The molecule has 0 aliphatic heterocycles. The Hall–Kier alpha value is -2.11. The molecule has 16 heavy (non-hydrogen) atoms. The van der Waals surface area contributed by atoms with Gasteiger partial charge < -0.3 is 4.98 Å². The Morgan fingerprint density at radius 1 is 1.12 bits per heavy atom. The lowest BCUT2D eigenvalue weighted by Crippen LogP contribution is -2.05. The maximum atomic E-state index is 13.3. The minimum atomic E-state index is -1.58. The van der Waals surface area contributed by atoms with Crippen LogP contribution in [-0.4, -0.2) is 9.97 Å². The Morgan fingerprint density at radius 2 is 1.88 bits per heavy atom. The van der Waals surface area contributed by atoms with E-state index >= 15 is 0 Å². The lowest BCUT2D eigenvalue weighted by Gasteiger charge is -2.02. The highest BCUT2D eigenvalue weighted by Crippen LogP contribution is 2.22. The molecular formula is C10H5F3N2O. The summed E-state index contributed by atoms with van der Waals surface area (Å²) in [7, 11) is 0. The topological polar surface area (TPSA) is 45.8 Å². The summed E-state index contributed by atoms with van der Waals surface area (Å²) in [4.78, 5) is 16.8. The lowest BCUT2D eigenvalue weighted by atomic mass is 10.1. The third-order valence-electron chi connectivity index (χ3n) is 1.99. The first kappa shape index (κ1) is 10.4. The van der Waals surface area contributed by atoms with Crippen LogP contribution in [0, 0.1) is 17.5 Å². The molecule has 1 aromatic carbocycles. The van der Waals surface area contributed by atoms with Crippen LogP contribution in [0.4, 0.5) is 13.2 Å². The van der Waals surface area contributed by atoms with Crippen molar-refractivity contribution in [3.05, 3.63) is 52.3 Å². The second kappa shape index (κ2) is 3.80. The quantitative estimate of drug-likeness (QED) is 0.754. The summed E-state index contributed by atoms with van der Waals surface area (Å²) in [5.74, 6) is -4.23. The van der Waals surface area contributed by atoms with Crippen LogP contribution in [0.2, 0.25) is 0 Å². The van der Waals surface area contributed by atoms with Crippen molar-refractivity contribution in [2.45, 2.75) is 0 Å². The largest absolute Gasteiger partial charge is 0.313 e. The maximum Gasteiger partial charge on any atom is 0.251 e. The number of halogens is 3. The van der Waals surface area contributed by atoms with E-state index in [-0.39, 0.29) is 11.3 Å². The molecule has 0 unspecified atom stereocenters. The van der Waals surface area contributed by atoms with E-state index in [1.807, 2.05) is 0 Å². The molecule has 0 spiro atoms. The summed E-state index contributed by atoms with van der Waals surface area (Å²) in [6.45, 7) is 0. The number of hydrogen-bond donors (Lipinski definition) is 1. The van der Waals surface area contributed by atoms with Crippen molar-refractivity contribution in [1.82, 2.24) is 9.97 Å². The monoisotopic (exact) mass is 226 g/mol. The number of nitrogens with one attached hydrogen (secondary N) is 1. The summed E-state index contributed by atoms with van der Waals surface area (Å²) in [6.07, 6.45) is 1.05. The molecule has 0 radical (unpaired) electrons. The van der Waals surface area contributed by atoms with E-state index in [0.29, 0.717) is 0 Å². The van der Waals surface area contributed by atoms with E-state index < -0.39 is 23.0 Å². The van der Waals surface area contributed by atoms with Crippen LogP contribution in [0.25, 0.3) is 11.3 Å². The highest BCUT2D eigenvalue weighted by atomic mass is 19.2. The number of aromatic amines is 1. The Morgan fingerprint density at radius 3 is 2.56 bits per heavy atom. The Balaban J connectivity index is 2.66. The molecule has 0 aliphatic carbocycles. The number of rotatable bonds is 1. The second-order valence-corrected chi connectivity index (χ2v) is 3.02. The third kappa shape index (κ3) is 1.69. The average Bonchev–Trinajstić information content (AvgIpc) is 2.26. The molecule has 0 saturated heterocycles. The van der Waals surface area contributed by atoms with Gasteiger partial charge in [0.05, 0.1) is 12.0 Å². The Labute approximate surface area is 87.6 Å². The number of benzene rings is 1. The summed E-state index contributed by atoms with van der Waals surface area (Å²) in [6, 6.07) is 2.79. The van der Waals surface area contributed by atoms with E-state index in [0.717, 1.165) is 24.5 Å². The summed E-state index contributed by atoms with van der Waals surface area (Å²) in [5.41, 5.74) is -0.820. The summed E-state index contributed by atoms with van der Waals surface area (Å²) >= 11 is 0. The van der Waals surface area contributed by atoms with Crippen LogP contribution in [0.1, 0.15) is 0 Å². The van der Waals surface area contributed by atoms with Crippen molar-refractivity contribution >= 4 is 0 Å². The molecule has 6 heteroatoms. The molecule has 0 saturated carbocycles. The van der Waals surface area contributed by atoms with Gasteiger partial charge in [0.25, 0.3) is 5.56 Å². The first-order valence-electron chi connectivity index (χ1n) is 4.28. The zero-order valence-corrected chi connectivity index (χ0v) is 7.80. The van der Waals surface area contributed by atoms with Gasteiger partial charge in [-0.2, -0.15) is 0 Å². The minimum Gasteiger partial charge on any atom is -0.313 e. The minimum absolute atomic E-state index is 0.0554. The summed E-state index contributed by atoms with van der Waals surface area (Å²) < 4.78 is 38.9. The Bertz CT molecular complexity index is 595. The number of nitrogens with zero attached hydrogens (tertiary/aromatic N) is 1. The van der Waals surface area contributed by atoms with Crippen LogP contribution in [0.3, 0.4) is 0 Å². The predicted octanol–water partition coefficient (Wildman–Crippen LogP) is 1.85. The van der Waals surface area contributed by atoms with E-state index in [1.165, 1.54) is 0 Å². The fraction of sp³-hybridized carbons (Fsp3) is 0. The molecule has 1 aromatic heterocycles. The van der Waals surface area contributed by atoms with Gasteiger partial charge in [0, 0.05) is 11.6 Å². The molecular weight excluding hydrogens is 221 g/mol. The molecule has 82 valence electrons. The van der Waals surface area contributed by atoms with Gasteiger partial charge in [-0.25, -0.2) is 18.2 Å². The second-order valence-electron chi connectivity index (χ2n) is 3.02. The average molecular weight is 226 g/mol. The molecule has 3 nitrogen and oxygen atoms in total. The van der Waals surface area contributed by atoms with Crippen molar-refractivity contribution in [2.75, 3.05) is 0 Å². The number of aromatic nitrogens is 2. The van der Waals surface area contributed by atoms with Crippen molar-refractivity contribution in [1.29, 1.82) is 0 Å². The SMILES string of the molecule is O=c1cc(-c2ccc(F)c(F)c2F)nc[nH]1. The zero-order valence-electron chi connectivity index (χ0n) is 7.80. The molecule has 1 N–H and O–H groups in total. The number of hydrogen-bond acceptors (Lipinski definition) is 2. The Kier molecular flexibility index (Phi) is 2.47. The maximum absolute atomic E-state index is 13.3. The van der Waals surface area contributed by atoms with Gasteiger partial charge in [-0.1, -0.05) is 0 Å². The molecule has 0 fully saturated rings. The van der Waals surface area contributed by atoms with E-state index in [1.54, 1.807) is 0 Å². The lowest BCUT2D eigenvalue weighted by molar-refractivity contribution is 0.449. The molecule has 1 heterocycles. The van der Waals surface area contributed by atoms with Gasteiger partial charge in [-0.15, -0.1) is 0 Å². The van der Waals surface area contributed by atoms with Crippen LogP contribution in [0.15, 0.2) is 29.3 Å². The first-order valence-corrected chi connectivity index (χ1v) is 4.28. The van der Waals surface area contributed by atoms with Crippen molar-refractivity contribution < 1.29 is 13.2 Å². The fourth-order valence-electron chi connectivity index (χ4n) is 1.24. The van der Waals surface area contributed by atoms with E-state index in [9.17, 15) is 18.0 Å². The predicted molar refractivity (Wildman–Crippen MR) is 50.2 cm³/mol. The molecule has 2 aromatic rings.